The van der Waals surface area contributed by atoms with Gasteiger partial charge in [-0.05, 0) is 73.5 Å². The van der Waals surface area contributed by atoms with Gasteiger partial charge >= 0.3 is 5.97 Å². The summed E-state index contributed by atoms with van der Waals surface area (Å²) < 4.78 is 59.0. The van der Waals surface area contributed by atoms with Gasteiger partial charge in [0.25, 0.3) is 15.9 Å². The molecule has 0 atom stereocenters. The number of nitrogens with zero attached hydrogens (tertiary/aromatic N) is 2. The number of hydrogen-bond donors (Lipinski definition) is 0. The minimum Gasteiger partial charge on any atom is -0.426 e. The van der Waals surface area contributed by atoms with Crippen molar-refractivity contribution >= 4 is 27.6 Å². The van der Waals surface area contributed by atoms with Crippen LogP contribution in [-0.2, 0) is 14.8 Å². The molecule has 1 amide bonds. The Balaban J connectivity index is 1.34. The fourth-order valence-electron chi connectivity index (χ4n) is 3.96. The topological polar surface area (TPSA) is 84.0 Å². The molecule has 1 fully saturated rings. The van der Waals surface area contributed by atoms with Gasteiger partial charge in [-0.2, -0.15) is 0 Å². The molecular weight excluding hydrogens is 490 g/mol. The lowest BCUT2D eigenvalue weighted by molar-refractivity contribution is -0.140. The van der Waals surface area contributed by atoms with Gasteiger partial charge in [0, 0.05) is 25.7 Å². The van der Waals surface area contributed by atoms with Crippen LogP contribution in [0.2, 0.25) is 0 Å². The summed E-state index contributed by atoms with van der Waals surface area (Å²) in [6.45, 7) is 0.737. The van der Waals surface area contributed by atoms with E-state index in [0.29, 0.717) is 31.5 Å². The second-order valence-electron chi connectivity index (χ2n) is 8.39. The molecule has 0 bridgehead atoms. The van der Waals surface area contributed by atoms with E-state index in [1.807, 2.05) is 0 Å². The summed E-state index contributed by atoms with van der Waals surface area (Å²) in [7, 11) is -2.80. The number of esters is 1. The molecule has 188 valence electrons. The van der Waals surface area contributed by atoms with Crippen molar-refractivity contribution in [2.45, 2.75) is 17.7 Å². The molecule has 0 aromatic heterocycles. The standard InChI is InChI=1S/C26H24F2N2O5S/c1-29(36(33,34)24-5-3-2-4-23(24)28)21-10-12-22(13-11-21)35-26(32)19-14-16-30(17-15-19)25(31)18-6-8-20(27)9-7-18/h2-13,19H,14-17H2,1H3. The van der Waals surface area contributed by atoms with Crippen molar-refractivity contribution in [3.8, 4) is 5.75 Å². The van der Waals surface area contributed by atoms with Crippen LogP contribution >= 0.6 is 0 Å². The SMILES string of the molecule is CN(c1ccc(OC(=O)C2CCN(C(=O)c3ccc(F)cc3)CC2)cc1)S(=O)(=O)c1ccccc1F. The average Bonchev–Trinajstić information content (AvgIpc) is 2.89. The maximum Gasteiger partial charge on any atom is 0.314 e. The number of sulfonamides is 1. The molecule has 1 aliphatic rings. The van der Waals surface area contributed by atoms with Crippen LogP contribution in [0, 0.1) is 17.6 Å². The molecule has 4 rings (SSSR count). The van der Waals surface area contributed by atoms with Gasteiger partial charge < -0.3 is 9.64 Å². The van der Waals surface area contributed by atoms with Crippen molar-refractivity contribution in [1.82, 2.24) is 4.90 Å². The number of anilines is 1. The van der Waals surface area contributed by atoms with E-state index < -0.39 is 38.4 Å². The zero-order chi connectivity index (χ0) is 25.9. The number of likely N-dealkylation sites (tertiary alicyclic amines) is 1. The molecule has 0 saturated carbocycles. The molecule has 0 N–H and O–H groups in total. The molecule has 1 aliphatic heterocycles. The second-order valence-corrected chi connectivity index (χ2v) is 10.3. The molecule has 0 spiro atoms. The second kappa shape index (κ2) is 10.4. The molecule has 1 heterocycles. The first-order chi connectivity index (χ1) is 17.2. The fourth-order valence-corrected chi connectivity index (χ4v) is 5.22. The van der Waals surface area contributed by atoms with Crippen molar-refractivity contribution in [3.63, 3.8) is 0 Å². The summed E-state index contributed by atoms with van der Waals surface area (Å²) in [5, 5.41) is 0. The van der Waals surface area contributed by atoms with Crippen LogP contribution in [0.25, 0.3) is 0 Å². The van der Waals surface area contributed by atoms with Crippen LogP contribution in [-0.4, -0.2) is 45.3 Å². The fraction of sp³-hybridized carbons (Fsp3) is 0.231. The first-order valence-electron chi connectivity index (χ1n) is 11.3. The Morgan fingerprint density at radius 1 is 0.917 bits per heavy atom. The molecular formula is C26H24F2N2O5S. The van der Waals surface area contributed by atoms with Crippen molar-refractivity contribution in [2.75, 3.05) is 24.4 Å². The average molecular weight is 515 g/mol. The summed E-state index contributed by atoms with van der Waals surface area (Å²) in [6, 6.07) is 16.3. The Kier molecular flexibility index (Phi) is 7.35. The van der Waals surface area contributed by atoms with E-state index in [0.717, 1.165) is 10.4 Å². The number of piperidine rings is 1. The third-order valence-corrected chi connectivity index (χ3v) is 7.92. The molecule has 0 unspecified atom stereocenters. The van der Waals surface area contributed by atoms with Crippen molar-refractivity contribution < 1.29 is 31.5 Å². The van der Waals surface area contributed by atoms with E-state index >= 15 is 0 Å². The predicted molar refractivity (Wildman–Crippen MR) is 129 cm³/mol. The number of rotatable bonds is 6. The molecule has 1 saturated heterocycles. The van der Waals surface area contributed by atoms with Crippen LogP contribution < -0.4 is 9.04 Å². The minimum atomic E-state index is -4.11. The Hall–Kier alpha value is -3.79. The van der Waals surface area contributed by atoms with Gasteiger partial charge in [0.2, 0.25) is 0 Å². The van der Waals surface area contributed by atoms with E-state index in [-0.39, 0.29) is 17.3 Å². The Morgan fingerprint density at radius 2 is 1.53 bits per heavy atom. The monoisotopic (exact) mass is 514 g/mol. The molecule has 3 aromatic carbocycles. The minimum absolute atomic E-state index is 0.216. The third-order valence-electron chi connectivity index (χ3n) is 6.10. The van der Waals surface area contributed by atoms with Gasteiger partial charge in [0.1, 0.15) is 22.3 Å². The predicted octanol–water partition coefficient (Wildman–Crippen LogP) is 4.25. The van der Waals surface area contributed by atoms with Gasteiger partial charge in [0.05, 0.1) is 11.6 Å². The van der Waals surface area contributed by atoms with Crippen molar-refractivity contribution in [2.24, 2.45) is 5.92 Å². The lowest BCUT2D eigenvalue weighted by Crippen LogP contribution is -2.41. The number of halogens is 2. The van der Waals surface area contributed by atoms with Gasteiger partial charge in [-0.3, -0.25) is 13.9 Å². The number of amides is 1. The van der Waals surface area contributed by atoms with E-state index in [1.54, 1.807) is 4.90 Å². The van der Waals surface area contributed by atoms with Crippen LogP contribution in [0.4, 0.5) is 14.5 Å². The summed E-state index contributed by atoms with van der Waals surface area (Å²) in [5.74, 6) is -2.08. The maximum atomic E-state index is 14.0. The highest BCUT2D eigenvalue weighted by Gasteiger charge is 2.29. The number of carbonyl (C=O) groups is 2. The summed E-state index contributed by atoms with van der Waals surface area (Å²) >= 11 is 0. The summed E-state index contributed by atoms with van der Waals surface area (Å²) in [5.41, 5.74) is 0.658. The molecule has 3 aromatic rings. The zero-order valence-corrected chi connectivity index (χ0v) is 20.3. The molecule has 0 radical (unpaired) electrons. The van der Waals surface area contributed by atoms with Gasteiger partial charge in [-0.1, -0.05) is 12.1 Å². The van der Waals surface area contributed by atoms with Crippen LogP contribution in [0.5, 0.6) is 5.75 Å². The van der Waals surface area contributed by atoms with Crippen LogP contribution in [0.15, 0.2) is 77.7 Å². The maximum absolute atomic E-state index is 14.0. The Bertz CT molecular complexity index is 1350. The summed E-state index contributed by atoms with van der Waals surface area (Å²) in [6.07, 6.45) is 0.848. The van der Waals surface area contributed by atoms with Crippen molar-refractivity contribution in [1.29, 1.82) is 0 Å². The highest BCUT2D eigenvalue weighted by Crippen LogP contribution is 2.27. The van der Waals surface area contributed by atoms with Crippen molar-refractivity contribution in [3.05, 3.63) is 90.0 Å². The number of hydrogen-bond acceptors (Lipinski definition) is 5. The summed E-state index contributed by atoms with van der Waals surface area (Å²) in [4.78, 5) is 26.4. The number of carbonyl (C=O) groups excluding carboxylic acids is 2. The first-order valence-corrected chi connectivity index (χ1v) is 12.7. The highest BCUT2D eigenvalue weighted by atomic mass is 32.2. The molecule has 10 heteroatoms. The van der Waals surface area contributed by atoms with E-state index in [4.69, 9.17) is 4.74 Å². The molecule has 0 aliphatic carbocycles. The Morgan fingerprint density at radius 3 is 2.14 bits per heavy atom. The lowest BCUT2D eigenvalue weighted by Gasteiger charge is -2.31. The van der Waals surface area contributed by atoms with Crippen LogP contribution in [0.1, 0.15) is 23.2 Å². The lowest BCUT2D eigenvalue weighted by atomic mass is 9.96. The first kappa shape index (κ1) is 25.3. The quantitative estimate of drug-likeness (QED) is 0.363. The van der Waals surface area contributed by atoms with Crippen LogP contribution in [0.3, 0.4) is 0 Å². The third kappa shape index (κ3) is 5.38. The largest absolute Gasteiger partial charge is 0.426 e. The van der Waals surface area contributed by atoms with E-state index in [2.05, 4.69) is 0 Å². The molecule has 36 heavy (non-hydrogen) atoms. The van der Waals surface area contributed by atoms with Gasteiger partial charge in [0.15, 0.2) is 0 Å². The highest BCUT2D eigenvalue weighted by molar-refractivity contribution is 7.92. The Labute approximate surface area is 208 Å². The van der Waals surface area contributed by atoms with Gasteiger partial charge in [-0.25, -0.2) is 17.2 Å². The number of benzene rings is 3. The molecule has 7 nitrogen and oxygen atoms in total. The van der Waals surface area contributed by atoms with E-state index in [1.165, 1.54) is 73.8 Å². The number of ether oxygens (including phenoxy) is 1. The normalized spacial score (nSPS) is 14.4. The van der Waals surface area contributed by atoms with Gasteiger partial charge in [-0.15, -0.1) is 0 Å². The zero-order valence-electron chi connectivity index (χ0n) is 19.4. The smallest absolute Gasteiger partial charge is 0.314 e. The van der Waals surface area contributed by atoms with E-state index in [9.17, 15) is 26.8 Å².